The van der Waals surface area contributed by atoms with Crippen LogP contribution in [0.25, 0.3) is 0 Å². The van der Waals surface area contributed by atoms with Gasteiger partial charge in [0, 0.05) is 24.0 Å². The highest BCUT2D eigenvalue weighted by molar-refractivity contribution is 7.16. The van der Waals surface area contributed by atoms with Gasteiger partial charge in [-0.25, -0.2) is 4.79 Å². The fraction of sp³-hybridized carbons (Fsp3) is 0.667. The summed E-state index contributed by atoms with van der Waals surface area (Å²) < 4.78 is 6.24. The van der Waals surface area contributed by atoms with Gasteiger partial charge in [0.25, 0.3) is 0 Å². The second kappa shape index (κ2) is 6.55. The van der Waals surface area contributed by atoms with Gasteiger partial charge in [0.2, 0.25) is 0 Å². The van der Waals surface area contributed by atoms with E-state index in [2.05, 4.69) is 11.4 Å². The quantitative estimate of drug-likeness (QED) is 0.913. The molecule has 1 aliphatic heterocycles. The number of ether oxygens (including phenoxy) is 1. The largest absolute Gasteiger partial charge is 0.444 e. The molecule has 1 saturated heterocycles. The van der Waals surface area contributed by atoms with Crippen molar-refractivity contribution >= 4 is 29.0 Å². The fourth-order valence-electron chi connectivity index (χ4n) is 2.66. The van der Waals surface area contributed by atoms with Gasteiger partial charge in [-0.3, -0.25) is 0 Å². The minimum Gasteiger partial charge on any atom is -0.444 e. The van der Waals surface area contributed by atoms with E-state index in [1.807, 2.05) is 33.9 Å². The monoisotopic (exact) mass is 330 g/mol. The van der Waals surface area contributed by atoms with Gasteiger partial charge < -0.3 is 15.0 Å². The summed E-state index contributed by atoms with van der Waals surface area (Å²) in [5.74, 6) is 0.386. The van der Waals surface area contributed by atoms with Crippen molar-refractivity contribution in [2.75, 3.05) is 20.1 Å². The Balaban J connectivity index is 1.99. The molecule has 2 heterocycles. The standard InChI is InChI=1S/C15H23ClN2O2S/c1-15(2,3)20-14(19)18-8-7-10(9-18)13(17-4)11-5-6-12(16)21-11/h5-6,10,13,17H,7-9H2,1-4H3. The lowest BCUT2D eigenvalue weighted by atomic mass is 9.98. The van der Waals surface area contributed by atoms with E-state index < -0.39 is 5.60 Å². The molecule has 6 heteroatoms. The third-order valence-corrected chi connectivity index (χ3v) is 4.87. The number of hydrogen-bond donors (Lipinski definition) is 1. The molecule has 4 nitrogen and oxygen atoms in total. The van der Waals surface area contributed by atoms with Crippen LogP contribution in [0.3, 0.4) is 0 Å². The summed E-state index contributed by atoms with van der Waals surface area (Å²) in [7, 11) is 1.95. The number of thiophene rings is 1. The molecule has 1 aliphatic rings. The Morgan fingerprint density at radius 3 is 2.76 bits per heavy atom. The molecule has 2 atom stereocenters. The van der Waals surface area contributed by atoms with Gasteiger partial charge in [0.05, 0.1) is 4.34 Å². The van der Waals surface area contributed by atoms with Crippen LogP contribution in [0, 0.1) is 5.92 Å². The summed E-state index contributed by atoms with van der Waals surface area (Å²) in [6.07, 6.45) is 0.754. The van der Waals surface area contributed by atoms with Crippen LogP contribution < -0.4 is 5.32 Å². The van der Waals surface area contributed by atoms with E-state index in [9.17, 15) is 4.79 Å². The lowest BCUT2D eigenvalue weighted by molar-refractivity contribution is 0.0285. The zero-order valence-corrected chi connectivity index (χ0v) is 14.6. The Morgan fingerprint density at radius 2 is 2.24 bits per heavy atom. The van der Waals surface area contributed by atoms with Crippen LogP contribution in [-0.2, 0) is 4.74 Å². The van der Waals surface area contributed by atoms with Gasteiger partial charge in [0.1, 0.15) is 5.60 Å². The van der Waals surface area contributed by atoms with E-state index in [-0.39, 0.29) is 12.1 Å². The summed E-state index contributed by atoms with van der Waals surface area (Å²) in [6.45, 7) is 7.14. The normalized spacial score (nSPS) is 20.6. The molecule has 0 bridgehead atoms. The highest BCUT2D eigenvalue weighted by atomic mass is 35.5. The summed E-state index contributed by atoms with van der Waals surface area (Å²) in [5.41, 5.74) is -0.446. The molecule has 2 rings (SSSR count). The number of likely N-dealkylation sites (tertiary alicyclic amines) is 1. The molecular formula is C15H23ClN2O2S. The number of amides is 1. The van der Waals surface area contributed by atoms with Crippen molar-refractivity contribution < 1.29 is 9.53 Å². The minimum atomic E-state index is -0.446. The van der Waals surface area contributed by atoms with E-state index in [1.165, 1.54) is 4.88 Å². The van der Waals surface area contributed by atoms with Gasteiger partial charge in [-0.1, -0.05) is 11.6 Å². The molecule has 1 amide bonds. The predicted octanol–water partition coefficient (Wildman–Crippen LogP) is 3.92. The van der Waals surface area contributed by atoms with Crippen LogP contribution in [0.5, 0.6) is 0 Å². The van der Waals surface area contributed by atoms with E-state index in [0.29, 0.717) is 5.92 Å². The molecular weight excluding hydrogens is 308 g/mol. The Morgan fingerprint density at radius 1 is 1.52 bits per heavy atom. The maximum atomic E-state index is 12.1. The van der Waals surface area contributed by atoms with E-state index in [4.69, 9.17) is 16.3 Å². The number of carbonyl (C=O) groups excluding carboxylic acids is 1. The lowest BCUT2D eigenvalue weighted by Gasteiger charge is -2.25. The number of rotatable bonds is 3. The molecule has 0 spiro atoms. The number of nitrogens with one attached hydrogen (secondary N) is 1. The fourth-order valence-corrected chi connectivity index (χ4v) is 3.92. The summed E-state index contributed by atoms with van der Waals surface area (Å²) in [6, 6.07) is 4.21. The third-order valence-electron chi connectivity index (χ3n) is 3.56. The Kier molecular flexibility index (Phi) is 5.17. The third kappa shape index (κ3) is 4.34. The minimum absolute atomic E-state index is 0.218. The van der Waals surface area contributed by atoms with E-state index in [0.717, 1.165) is 23.8 Å². The van der Waals surface area contributed by atoms with Gasteiger partial charge >= 0.3 is 6.09 Å². The molecule has 0 radical (unpaired) electrons. The van der Waals surface area contributed by atoms with Crippen molar-refractivity contribution in [2.24, 2.45) is 5.92 Å². The first-order chi connectivity index (χ1) is 9.80. The highest BCUT2D eigenvalue weighted by Gasteiger charge is 2.34. The molecule has 0 aliphatic carbocycles. The molecule has 1 aromatic heterocycles. The molecule has 1 fully saturated rings. The van der Waals surface area contributed by atoms with E-state index in [1.54, 1.807) is 16.2 Å². The second-order valence-corrected chi connectivity index (χ2v) is 8.13. The van der Waals surface area contributed by atoms with Gasteiger partial charge in [-0.15, -0.1) is 11.3 Å². The summed E-state index contributed by atoms with van der Waals surface area (Å²) >= 11 is 7.62. The molecule has 2 unspecified atom stereocenters. The number of halogens is 1. The number of nitrogens with zero attached hydrogens (tertiary/aromatic N) is 1. The Hall–Kier alpha value is -0.780. The molecule has 21 heavy (non-hydrogen) atoms. The predicted molar refractivity (Wildman–Crippen MR) is 87.0 cm³/mol. The van der Waals surface area contributed by atoms with Gasteiger partial charge in [0.15, 0.2) is 0 Å². The molecule has 1 N–H and O–H groups in total. The van der Waals surface area contributed by atoms with Crippen LogP contribution in [0.15, 0.2) is 12.1 Å². The smallest absolute Gasteiger partial charge is 0.410 e. The first kappa shape index (κ1) is 16.6. The van der Waals surface area contributed by atoms with Crippen molar-refractivity contribution in [1.29, 1.82) is 0 Å². The van der Waals surface area contributed by atoms with Crippen molar-refractivity contribution in [1.82, 2.24) is 10.2 Å². The Bertz CT molecular complexity index is 498. The zero-order valence-electron chi connectivity index (χ0n) is 13.0. The van der Waals surface area contributed by atoms with E-state index >= 15 is 0 Å². The molecule has 118 valence electrons. The topological polar surface area (TPSA) is 41.6 Å². The average molecular weight is 331 g/mol. The van der Waals surface area contributed by atoms with Crippen LogP contribution in [0.1, 0.15) is 38.1 Å². The molecule has 0 aromatic carbocycles. The SMILES string of the molecule is CNC(c1ccc(Cl)s1)C1CCN(C(=O)OC(C)(C)C)C1. The Labute approximate surface area is 135 Å². The molecule has 1 aromatic rings. The maximum Gasteiger partial charge on any atom is 0.410 e. The zero-order chi connectivity index (χ0) is 15.6. The van der Waals surface area contributed by atoms with Gasteiger partial charge in [-0.2, -0.15) is 0 Å². The van der Waals surface area contributed by atoms with Crippen molar-refractivity contribution in [3.8, 4) is 0 Å². The van der Waals surface area contributed by atoms with Crippen LogP contribution in [0.2, 0.25) is 4.34 Å². The lowest BCUT2D eigenvalue weighted by Crippen LogP contribution is -2.36. The van der Waals surface area contributed by atoms with Crippen molar-refractivity contribution in [3.63, 3.8) is 0 Å². The maximum absolute atomic E-state index is 12.1. The van der Waals surface area contributed by atoms with Crippen LogP contribution in [-0.4, -0.2) is 36.7 Å². The van der Waals surface area contributed by atoms with Crippen molar-refractivity contribution in [2.45, 2.75) is 38.8 Å². The van der Waals surface area contributed by atoms with Crippen LogP contribution in [0.4, 0.5) is 4.79 Å². The highest BCUT2D eigenvalue weighted by Crippen LogP contribution is 2.35. The van der Waals surface area contributed by atoms with Crippen molar-refractivity contribution in [3.05, 3.63) is 21.3 Å². The van der Waals surface area contributed by atoms with Gasteiger partial charge in [-0.05, 0) is 52.3 Å². The summed E-state index contributed by atoms with van der Waals surface area (Å²) in [5, 5.41) is 3.35. The first-order valence-corrected chi connectivity index (χ1v) is 8.40. The number of hydrogen-bond acceptors (Lipinski definition) is 4. The first-order valence-electron chi connectivity index (χ1n) is 7.20. The average Bonchev–Trinajstić information content (AvgIpc) is 2.98. The number of carbonyl (C=O) groups is 1. The second-order valence-electron chi connectivity index (χ2n) is 6.38. The van der Waals surface area contributed by atoms with Crippen LogP contribution >= 0.6 is 22.9 Å². The summed E-state index contributed by atoms with van der Waals surface area (Å²) in [4.78, 5) is 15.1. The molecule has 0 saturated carbocycles.